The molecule has 0 aliphatic rings. The first-order valence-electron chi connectivity index (χ1n) is 9.64. The van der Waals surface area contributed by atoms with Gasteiger partial charge < -0.3 is 25.0 Å². The highest BCUT2D eigenvalue weighted by Gasteiger charge is 2.21. The summed E-state index contributed by atoms with van der Waals surface area (Å²) in [5, 5.41) is 22.5. The van der Waals surface area contributed by atoms with E-state index in [-0.39, 0.29) is 5.82 Å². The van der Waals surface area contributed by atoms with E-state index in [1.165, 1.54) is 0 Å². The summed E-state index contributed by atoms with van der Waals surface area (Å²) in [6.45, 7) is 1.74. The Morgan fingerprint density at radius 3 is 2.41 bits per heavy atom. The van der Waals surface area contributed by atoms with Crippen molar-refractivity contribution in [2.45, 2.75) is 19.4 Å². The first-order valence-corrected chi connectivity index (χ1v) is 9.64. The van der Waals surface area contributed by atoms with Gasteiger partial charge >= 0.3 is 12.1 Å². The van der Waals surface area contributed by atoms with Crippen LogP contribution in [-0.4, -0.2) is 38.5 Å². The van der Waals surface area contributed by atoms with Gasteiger partial charge in [-0.1, -0.05) is 22.4 Å². The number of aromatic hydroxyl groups is 1. The Morgan fingerprint density at radius 2 is 1.81 bits per heavy atom. The van der Waals surface area contributed by atoms with Crippen molar-refractivity contribution in [2.75, 3.05) is 12.4 Å². The molecule has 4 rings (SSSR count). The molecule has 32 heavy (non-hydrogen) atoms. The summed E-state index contributed by atoms with van der Waals surface area (Å²) >= 11 is 0. The lowest BCUT2D eigenvalue weighted by molar-refractivity contribution is 0.247. The molecule has 11 nitrogen and oxygen atoms in total. The van der Waals surface area contributed by atoms with Crippen LogP contribution in [0.1, 0.15) is 23.3 Å². The Bertz CT molecular complexity index is 1190. The maximum atomic E-state index is 12.6. The van der Waals surface area contributed by atoms with Crippen molar-refractivity contribution in [3.05, 3.63) is 65.7 Å². The fourth-order valence-corrected chi connectivity index (χ4v) is 3.01. The molecule has 0 fully saturated rings. The number of rotatable bonds is 7. The number of aryl methyl sites for hydroxylation is 1. The van der Waals surface area contributed by atoms with Crippen molar-refractivity contribution in [3.63, 3.8) is 0 Å². The minimum absolute atomic E-state index is 0.149. The minimum atomic E-state index is -0.645. The molecule has 0 bridgehead atoms. The zero-order valence-electron chi connectivity index (χ0n) is 17.3. The van der Waals surface area contributed by atoms with Crippen molar-refractivity contribution in [1.29, 1.82) is 0 Å². The van der Waals surface area contributed by atoms with E-state index in [0.717, 1.165) is 11.1 Å². The average molecular weight is 436 g/mol. The molecule has 1 unspecified atom stereocenters. The van der Waals surface area contributed by atoms with Crippen LogP contribution in [0.5, 0.6) is 11.8 Å². The normalized spacial score (nSPS) is 11.7. The third kappa shape index (κ3) is 5.01. The van der Waals surface area contributed by atoms with Crippen LogP contribution >= 0.6 is 0 Å². The number of hydrogen-bond acceptors (Lipinski definition) is 9. The molecule has 4 aromatic rings. The Labute approximate surface area is 182 Å². The number of methoxy groups -OCH3 is 1. The molecule has 2 heterocycles. The molecule has 1 atom stereocenters. The molecule has 2 amide bonds. The molecule has 0 aliphatic heterocycles. The molecule has 3 N–H and O–H groups in total. The second kappa shape index (κ2) is 9.16. The standard InChI is InChI=1S/C21H20N6O5/c1-12-22-19(31-26-12)14-5-7-15(8-6-14)23-20(28)24-17(18-25-21(29)32-27-18)11-13-3-9-16(30-2)10-4-13/h3-10,17H,11H2,1-2H3,(H2,23,24,28)(H,25,27,29). The Balaban J connectivity index is 1.44. The number of nitrogens with one attached hydrogen (secondary N) is 2. The van der Waals surface area contributed by atoms with Gasteiger partial charge in [-0.15, -0.1) is 0 Å². The van der Waals surface area contributed by atoms with E-state index in [1.807, 2.05) is 24.3 Å². The third-order valence-electron chi connectivity index (χ3n) is 4.56. The van der Waals surface area contributed by atoms with Crippen LogP contribution in [0.4, 0.5) is 10.5 Å². The van der Waals surface area contributed by atoms with Crippen molar-refractivity contribution in [1.82, 2.24) is 25.6 Å². The SMILES string of the molecule is COc1ccc(CC(NC(=O)Nc2ccc(-c3nc(C)no3)cc2)c2noc(O)n2)cc1. The third-order valence-corrected chi connectivity index (χ3v) is 4.56. The van der Waals surface area contributed by atoms with Gasteiger partial charge in [0.05, 0.1) is 13.2 Å². The monoisotopic (exact) mass is 436 g/mol. The molecule has 164 valence electrons. The van der Waals surface area contributed by atoms with Crippen LogP contribution in [0.25, 0.3) is 11.5 Å². The van der Waals surface area contributed by atoms with E-state index < -0.39 is 18.1 Å². The Hall–Kier alpha value is -4.41. The first kappa shape index (κ1) is 20.8. The summed E-state index contributed by atoms with van der Waals surface area (Å²) in [7, 11) is 1.58. The molecule has 0 saturated carbocycles. The van der Waals surface area contributed by atoms with Gasteiger partial charge in [-0.3, -0.25) is 4.52 Å². The maximum Gasteiger partial charge on any atom is 0.414 e. The van der Waals surface area contributed by atoms with Crippen LogP contribution < -0.4 is 15.4 Å². The van der Waals surface area contributed by atoms with Crippen molar-refractivity contribution >= 4 is 11.7 Å². The van der Waals surface area contributed by atoms with Crippen molar-refractivity contribution in [3.8, 4) is 23.3 Å². The quantitative estimate of drug-likeness (QED) is 0.397. The van der Waals surface area contributed by atoms with Gasteiger partial charge in [0.15, 0.2) is 11.6 Å². The van der Waals surface area contributed by atoms with Gasteiger partial charge in [-0.05, 0) is 48.9 Å². The molecular formula is C21H20N6O5. The van der Waals surface area contributed by atoms with Crippen LogP contribution in [0, 0.1) is 6.92 Å². The topological polar surface area (TPSA) is 148 Å². The smallest absolute Gasteiger partial charge is 0.414 e. The number of carbonyl (C=O) groups excluding carboxylic acids is 1. The fraction of sp³-hybridized carbons (Fsp3) is 0.190. The Morgan fingerprint density at radius 1 is 1.06 bits per heavy atom. The van der Waals surface area contributed by atoms with Gasteiger partial charge in [-0.2, -0.15) is 9.97 Å². The van der Waals surface area contributed by atoms with E-state index in [0.29, 0.717) is 29.6 Å². The number of hydrogen-bond donors (Lipinski definition) is 3. The second-order valence-corrected chi connectivity index (χ2v) is 6.86. The van der Waals surface area contributed by atoms with E-state index in [4.69, 9.17) is 9.26 Å². The lowest BCUT2D eigenvalue weighted by Gasteiger charge is -2.16. The zero-order valence-corrected chi connectivity index (χ0v) is 17.3. The molecule has 2 aromatic heterocycles. The van der Waals surface area contributed by atoms with Gasteiger partial charge in [0.1, 0.15) is 5.75 Å². The predicted molar refractivity (Wildman–Crippen MR) is 112 cm³/mol. The zero-order chi connectivity index (χ0) is 22.5. The summed E-state index contributed by atoms with van der Waals surface area (Å²) in [5.74, 6) is 1.80. The average Bonchev–Trinajstić information content (AvgIpc) is 3.42. The van der Waals surface area contributed by atoms with E-state index in [1.54, 1.807) is 38.3 Å². The number of ether oxygens (including phenoxy) is 1. The largest absolute Gasteiger partial charge is 0.497 e. The lowest BCUT2D eigenvalue weighted by Crippen LogP contribution is -2.34. The minimum Gasteiger partial charge on any atom is -0.497 e. The van der Waals surface area contributed by atoms with Crippen LogP contribution in [-0.2, 0) is 6.42 Å². The summed E-state index contributed by atoms with van der Waals surface area (Å²) in [5.41, 5.74) is 2.19. The number of carbonyl (C=O) groups is 1. The highest BCUT2D eigenvalue weighted by Crippen LogP contribution is 2.22. The van der Waals surface area contributed by atoms with Gasteiger partial charge in [0.25, 0.3) is 5.89 Å². The van der Waals surface area contributed by atoms with Crippen molar-refractivity contribution in [2.24, 2.45) is 0 Å². The number of anilines is 1. The number of amides is 2. The molecule has 0 aliphatic carbocycles. The second-order valence-electron chi connectivity index (χ2n) is 6.86. The van der Waals surface area contributed by atoms with E-state index in [9.17, 15) is 9.90 Å². The summed E-state index contributed by atoms with van der Waals surface area (Å²) in [4.78, 5) is 20.6. The summed E-state index contributed by atoms with van der Waals surface area (Å²) < 4.78 is 15.0. The maximum absolute atomic E-state index is 12.6. The van der Waals surface area contributed by atoms with Gasteiger partial charge in [0.2, 0.25) is 0 Å². The number of benzene rings is 2. The van der Waals surface area contributed by atoms with Gasteiger partial charge in [0, 0.05) is 17.7 Å². The highest BCUT2D eigenvalue weighted by atomic mass is 16.6. The van der Waals surface area contributed by atoms with E-state index in [2.05, 4.69) is 35.4 Å². The molecule has 2 aromatic carbocycles. The Kier molecular flexibility index (Phi) is 5.97. The molecular weight excluding hydrogens is 416 g/mol. The fourth-order valence-electron chi connectivity index (χ4n) is 3.01. The van der Waals surface area contributed by atoms with Gasteiger partial charge in [-0.25, -0.2) is 4.79 Å². The molecule has 11 heteroatoms. The van der Waals surface area contributed by atoms with Crippen LogP contribution in [0.2, 0.25) is 0 Å². The highest BCUT2D eigenvalue weighted by molar-refractivity contribution is 5.89. The number of aromatic nitrogens is 4. The molecule has 0 radical (unpaired) electrons. The van der Waals surface area contributed by atoms with E-state index >= 15 is 0 Å². The number of urea groups is 1. The van der Waals surface area contributed by atoms with Crippen molar-refractivity contribution < 1.29 is 23.7 Å². The molecule has 0 saturated heterocycles. The molecule has 0 spiro atoms. The summed E-state index contributed by atoms with van der Waals surface area (Å²) in [6, 6.07) is 13.2. The van der Waals surface area contributed by atoms with Crippen LogP contribution in [0.3, 0.4) is 0 Å². The number of nitrogens with zero attached hydrogens (tertiary/aromatic N) is 4. The first-order chi connectivity index (χ1) is 15.5. The lowest BCUT2D eigenvalue weighted by atomic mass is 10.1. The van der Waals surface area contributed by atoms with Crippen LogP contribution in [0.15, 0.2) is 57.6 Å². The predicted octanol–water partition coefficient (Wildman–Crippen LogP) is 3.25. The summed E-state index contributed by atoms with van der Waals surface area (Å²) in [6.07, 6.45) is -0.208.